The first-order valence-corrected chi connectivity index (χ1v) is 4.61. The van der Waals surface area contributed by atoms with Crippen molar-refractivity contribution in [1.82, 2.24) is 5.48 Å². The zero-order chi connectivity index (χ0) is 11.3. The summed E-state index contributed by atoms with van der Waals surface area (Å²) in [5.41, 5.74) is 7.29. The Labute approximate surface area is 96.2 Å². The average molecular weight is 247 g/mol. The third-order valence-electron chi connectivity index (χ3n) is 1.47. The minimum absolute atomic E-state index is 0.227. The summed E-state index contributed by atoms with van der Waals surface area (Å²) in [6.45, 7) is 0. The van der Waals surface area contributed by atoms with E-state index in [1.54, 1.807) is 23.7 Å². The molecule has 0 atom stereocenters. The topological polar surface area (TPSA) is 83.0 Å². The third-order valence-corrected chi connectivity index (χ3v) is 2.13. The highest BCUT2D eigenvalue weighted by Gasteiger charge is 2.01. The highest BCUT2D eigenvalue weighted by Crippen LogP contribution is 2.22. The number of halogens is 2. The molecule has 0 saturated carbocycles. The predicted molar refractivity (Wildman–Crippen MR) is 60.6 cm³/mol. The number of hydroxylamine groups is 1. The van der Waals surface area contributed by atoms with Gasteiger partial charge in [-0.25, -0.2) is 5.48 Å². The maximum absolute atomic E-state index is 8.31. The fourth-order valence-corrected chi connectivity index (χ4v) is 1.30. The Morgan fingerprint density at radius 3 is 2.53 bits per heavy atom. The molecule has 0 aliphatic carbocycles. The molecule has 0 fully saturated rings. The molecule has 1 rings (SSSR count). The summed E-state index contributed by atoms with van der Waals surface area (Å²) in [7, 11) is 0. The van der Waals surface area contributed by atoms with Gasteiger partial charge in [-0.2, -0.15) is 5.10 Å². The van der Waals surface area contributed by atoms with Gasteiger partial charge in [-0.15, -0.1) is 5.10 Å². The monoisotopic (exact) mass is 246 g/mol. The lowest BCUT2D eigenvalue weighted by Gasteiger charge is -1.98. The summed E-state index contributed by atoms with van der Waals surface area (Å²) < 4.78 is 0. The minimum Gasteiger partial charge on any atom is -0.367 e. The van der Waals surface area contributed by atoms with Crippen LogP contribution in [0.15, 0.2) is 28.4 Å². The molecule has 0 unspecified atom stereocenters. The van der Waals surface area contributed by atoms with Crippen LogP contribution in [0.3, 0.4) is 0 Å². The number of nitrogens with two attached hydrogens (primary N) is 1. The van der Waals surface area contributed by atoms with Crippen molar-refractivity contribution in [3.05, 3.63) is 33.8 Å². The summed E-state index contributed by atoms with van der Waals surface area (Å²) in [5, 5.41) is 16.2. The van der Waals surface area contributed by atoms with E-state index >= 15 is 0 Å². The van der Waals surface area contributed by atoms with Crippen molar-refractivity contribution in [3.8, 4) is 0 Å². The molecule has 0 aromatic heterocycles. The molecular weight excluding hydrogens is 239 g/mol. The molecule has 0 amide bonds. The van der Waals surface area contributed by atoms with Gasteiger partial charge in [0.25, 0.3) is 0 Å². The second-order valence-electron chi connectivity index (χ2n) is 2.48. The molecule has 0 heterocycles. The lowest BCUT2D eigenvalue weighted by atomic mass is 10.2. The first kappa shape index (κ1) is 11.8. The van der Waals surface area contributed by atoms with E-state index in [1.807, 2.05) is 0 Å². The van der Waals surface area contributed by atoms with E-state index in [4.69, 9.17) is 34.1 Å². The lowest BCUT2D eigenvalue weighted by molar-refractivity contribution is 0.232. The lowest BCUT2D eigenvalue weighted by Crippen LogP contribution is -2.27. The van der Waals surface area contributed by atoms with E-state index < -0.39 is 0 Å². The molecule has 4 N–H and O–H groups in total. The van der Waals surface area contributed by atoms with Crippen molar-refractivity contribution in [3.63, 3.8) is 0 Å². The van der Waals surface area contributed by atoms with Crippen LogP contribution in [-0.2, 0) is 0 Å². The molecule has 5 nitrogen and oxygen atoms in total. The maximum Gasteiger partial charge on any atom is 0.237 e. The first-order chi connectivity index (χ1) is 7.15. The van der Waals surface area contributed by atoms with Gasteiger partial charge in [-0.3, -0.25) is 5.21 Å². The average Bonchev–Trinajstić information content (AvgIpc) is 2.22. The zero-order valence-electron chi connectivity index (χ0n) is 7.48. The van der Waals surface area contributed by atoms with Gasteiger partial charge < -0.3 is 5.73 Å². The summed E-state index contributed by atoms with van der Waals surface area (Å²) >= 11 is 11.7. The van der Waals surface area contributed by atoms with Crippen molar-refractivity contribution < 1.29 is 5.21 Å². The highest BCUT2D eigenvalue weighted by atomic mass is 35.5. The van der Waals surface area contributed by atoms with E-state index in [2.05, 4.69) is 10.2 Å². The standard InChI is InChI=1S/C8H8Cl2N4O/c9-6-2-1-3-7(10)5(6)4-12-13-8(11)14-15/h1-4,15H,(H3,11,13,14). The van der Waals surface area contributed by atoms with Crippen LogP contribution in [0.2, 0.25) is 10.0 Å². The largest absolute Gasteiger partial charge is 0.367 e. The zero-order valence-corrected chi connectivity index (χ0v) is 9.00. The molecule has 1 aromatic carbocycles. The Hall–Kier alpha value is -1.30. The van der Waals surface area contributed by atoms with Crippen LogP contribution >= 0.6 is 23.2 Å². The molecule has 1 aromatic rings. The second-order valence-corrected chi connectivity index (χ2v) is 3.29. The van der Waals surface area contributed by atoms with Gasteiger partial charge >= 0.3 is 0 Å². The van der Waals surface area contributed by atoms with Crippen LogP contribution in [-0.4, -0.2) is 17.4 Å². The van der Waals surface area contributed by atoms with Crippen LogP contribution in [0.4, 0.5) is 0 Å². The predicted octanol–water partition coefficient (Wildman–Crippen LogP) is 1.62. The molecule has 0 bridgehead atoms. The van der Waals surface area contributed by atoms with Crippen LogP contribution in [0, 0.1) is 0 Å². The second kappa shape index (κ2) is 5.55. The Morgan fingerprint density at radius 1 is 1.40 bits per heavy atom. The molecule has 0 aliphatic heterocycles. The van der Waals surface area contributed by atoms with Crippen LogP contribution in [0.5, 0.6) is 0 Å². The van der Waals surface area contributed by atoms with E-state index in [0.29, 0.717) is 15.6 Å². The molecule has 7 heteroatoms. The Kier molecular flexibility index (Phi) is 4.36. The van der Waals surface area contributed by atoms with Gasteiger partial charge in [-0.05, 0) is 12.1 Å². The number of nitrogens with zero attached hydrogens (tertiary/aromatic N) is 2. The fraction of sp³-hybridized carbons (Fsp3) is 0. The van der Waals surface area contributed by atoms with Crippen molar-refractivity contribution in [2.24, 2.45) is 15.9 Å². The van der Waals surface area contributed by atoms with Crippen molar-refractivity contribution >= 4 is 35.4 Å². The van der Waals surface area contributed by atoms with Gasteiger partial charge in [0.15, 0.2) is 0 Å². The Morgan fingerprint density at radius 2 is 2.00 bits per heavy atom. The number of benzene rings is 1. The van der Waals surface area contributed by atoms with E-state index in [0.717, 1.165) is 0 Å². The van der Waals surface area contributed by atoms with Crippen molar-refractivity contribution in [2.45, 2.75) is 0 Å². The number of hydrogen-bond acceptors (Lipinski definition) is 3. The fourth-order valence-electron chi connectivity index (χ4n) is 0.805. The molecule has 0 saturated heterocycles. The Balaban J connectivity index is 2.90. The molecule has 15 heavy (non-hydrogen) atoms. The normalized spacial score (nSPS) is 12.1. The van der Waals surface area contributed by atoms with Gasteiger partial charge in [0.1, 0.15) is 0 Å². The summed E-state index contributed by atoms with van der Waals surface area (Å²) in [4.78, 5) is 0. The van der Waals surface area contributed by atoms with E-state index in [1.165, 1.54) is 6.21 Å². The number of rotatable bonds is 2. The number of hydrogen-bond donors (Lipinski definition) is 3. The molecule has 0 aliphatic rings. The summed E-state index contributed by atoms with van der Waals surface area (Å²) in [5.74, 6) is -0.227. The van der Waals surface area contributed by atoms with Crippen molar-refractivity contribution in [1.29, 1.82) is 0 Å². The van der Waals surface area contributed by atoms with Gasteiger partial charge in [0.05, 0.1) is 16.3 Å². The van der Waals surface area contributed by atoms with Gasteiger partial charge in [-0.1, -0.05) is 29.3 Å². The maximum atomic E-state index is 8.31. The third kappa shape index (κ3) is 3.39. The molecule has 0 spiro atoms. The molecule has 80 valence electrons. The van der Waals surface area contributed by atoms with Gasteiger partial charge in [0, 0.05) is 5.56 Å². The van der Waals surface area contributed by atoms with Crippen LogP contribution < -0.4 is 11.2 Å². The number of guanidine groups is 1. The first-order valence-electron chi connectivity index (χ1n) is 3.85. The van der Waals surface area contributed by atoms with Crippen molar-refractivity contribution in [2.75, 3.05) is 0 Å². The summed E-state index contributed by atoms with van der Waals surface area (Å²) in [6.07, 6.45) is 1.34. The minimum atomic E-state index is -0.227. The quantitative estimate of drug-likeness (QED) is 0.422. The summed E-state index contributed by atoms with van der Waals surface area (Å²) in [6, 6.07) is 5.06. The van der Waals surface area contributed by atoms with Crippen LogP contribution in [0.25, 0.3) is 0 Å². The molecule has 0 radical (unpaired) electrons. The molecular formula is C8H8Cl2N4O. The van der Waals surface area contributed by atoms with E-state index in [9.17, 15) is 0 Å². The smallest absolute Gasteiger partial charge is 0.237 e. The van der Waals surface area contributed by atoms with Gasteiger partial charge in [0.2, 0.25) is 5.96 Å². The van der Waals surface area contributed by atoms with E-state index in [-0.39, 0.29) is 5.96 Å². The van der Waals surface area contributed by atoms with Crippen LogP contribution in [0.1, 0.15) is 5.56 Å². The number of nitrogens with one attached hydrogen (secondary N) is 1. The SMILES string of the molecule is N/C(=N\N=Cc1c(Cl)cccc1Cl)NO. The Bertz CT molecular complexity index is 385. The highest BCUT2D eigenvalue weighted by molar-refractivity contribution is 6.38.